The van der Waals surface area contributed by atoms with Crippen LogP contribution in [-0.2, 0) is 14.3 Å². The highest BCUT2D eigenvalue weighted by molar-refractivity contribution is 6.30. The maximum atomic E-state index is 12.1. The zero-order valence-corrected chi connectivity index (χ0v) is 11.2. The van der Waals surface area contributed by atoms with E-state index in [4.69, 9.17) is 16.3 Å². The number of fused-ring (bicyclic) bond motifs is 1. The van der Waals surface area contributed by atoms with Crippen LogP contribution >= 0.6 is 11.6 Å². The third kappa shape index (κ3) is 2.27. The van der Waals surface area contributed by atoms with Crippen LogP contribution in [0.2, 0.25) is 5.02 Å². The van der Waals surface area contributed by atoms with Crippen molar-refractivity contribution < 1.29 is 14.3 Å². The summed E-state index contributed by atoms with van der Waals surface area (Å²) in [7, 11) is 0. The average molecular weight is 267 g/mol. The zero-order valence-electron chi connectivity index (χ0n) is 10.4. The fourth-order valence-electron chi connectivity index (χ4n) is 2.43. The smallest absolute Gasteiger partial charge is 0.321 e. The molecule has 0 saturated heterocycles. The van der Waals surface area contributed by atoms with Crippen molar-refractivity contribution in [3.8, 4) is 0 Å². The molecule has 0 fully saturated rings. The SMILES string of the molecule is CCOC(=O)C1C(=O)CC(C)c2ccc(Cl)cc21. The maximum absolute atomic E-state index is 12.1. The van der Waals surface area contributed by atoms with Gasteiger partial charge in [0.1, 0.15) is 5.92 Å². The molecule has 1 aromatic carbocycles. The molecular weight excluding hydrogens is 252 g/mol. The van der Waals surface area contributed by atoms with Gasteiger partial charge in [-0.3, -0.25) is 9.59 Å². The van der Waals surface area contributed by atoms with E-state index < -0.39 is 11.9 Å². The second-order valence-electron chi connectivity index (χ2n) is 4.53. The highest BCUT2D eigenvalue weighted by Gasteiger charge is 2.37. The molecule has 0 saturated carbocycles. The van der Waals surface area contributed by atoms with E-state index in [1.807, 2.05) is 13.0 Å². The molecule has 96 valence electrons. The minimum Gasteiger partial charge on any atom is -0.465 e. The van der Waals surface area contributed by atoms with Crippen LogP contribution in [0.3, 0.4) is 0 Å². The van der Waals surface area contributed by atoms with E-state index in [0.717, 1.165) is 5.56 Å². The molecule has 0 amide bonds. The molecule has 1 aromatic rings. The van der Waals surface area contributed by atoms with Crippen LogP contribution in [0.5, 0.6) is 0 Å². The lowest BCUT2D eigenvalue weighted by molar-refractivity contribution is -0.148. The highest BCUT2D eigenvalue weighted by atomic mass is 35.5. The summed E-state index contributed by atoms with van der Waals surface area (Å²) < 4.78 is 4.98. The molecule has 2 atom stereocenters. The first-order valence-corrected chi connectivity index (χ1v) is 6.41. The maximum Gasteiger partial charge on any atom is 0.321 e. The molecule has 0 heterocycles. The lowest BCUT2D eigenvalue weighted by atomic mass is 9.76. The number of carbonyl (C=O) groups excluding carboxylic acids is 2. The molecule has 0 spiro atoms. The number of Topliss-reactive ketones (excluding diaryl/α,β-unsaturated/α-hetero) is 1. The number of hydrogen-bond donors (Lipinski definition) is 0. The van der Waals surface area contributed by atoms with E-state index in [-0.39, 0.29) is 18.3 Å². The van der Waals surface area contributed by atoms with Gasteiger partial charge in [-0.1, -0.05) is 24.6 Å². The Bertz CT molecular complexity index is 496. The summed E-state index contributed by atoms with van der Waals surface area (Å²) in [5.74, 6) is -1.25. The van der Waals surface area contributed by atoms with Crippen LogP contribution in [0, 0.1) is 0 Å². The Morgan fingerprint density at radius 3 is 2.83 bits per heavy atom. The van der Waals surface area contributed by atoms with Gasteiger partial charge in [0.25, 0.3) is 0 Å². The van der Waals surface area contributed by atoms with Crippen molar-refractivity contribution in [3.63, 3.8) is 0 Å². The third-order valence-electron chi connectivity index (χ3n) is 3.24. The summed E-state index contributed by atoms with van der Waals surface area (Å²) in [4.78, 5) is 24.0. The first-order chi connectivity index (χ1) is 8.54. The topological polar surface area (TPSA) is 43.4 Å². The van der Waals surface area contributed by atoms with Crippen LogP contribution in [0.15, 0.2) is 18.2 Å². The Morgan fingerprint density at radius 2 is 2.17 bits per heavy atom. The monoisotopic (exact) mass is 266 g/mol. The van der Waals surface area contributed by atoms with Crippen LogP contribution < -0.4 is 0 Å². The van der Waals surface area contributed by atoms with Crippen molar-refractivity contribution in [2.75, 3.05) is 6.61 Å². The largest absolute Gasteiger partial charge is 0.465 e. The van der Waals surface area contributed by atoms with E-state index in [1.165, 1.54) is 0 Å². The number of ketones is 1. The van der Waals surface area contributed by atoms with Gasteiger partial charge in [-0.05, 0) is 36.1 Å². The van der Waals surface area contributed by atoms with Crippen molar-refractivity contribution in [2.24, 2.45) is 0 Å². The van der Waals surface area contributed by atoms with Crippen LogP contribution in [-0.4, -0.2) is 18.4 Å². The molecule has 0 N–H and O–H groups in total. The van der Waals surface area contributed by atoms with Gasteiger partial charge < -0.3 is 4.74 Å². The number of esters is 1. The number of halogens is 1. The van der Waals surface area contributed by atoms with Gasteiger partial charge in [-0.2, -0.15) is 0 Å². The van der Waals surface area contributed by atoms with E-state index in [2.05, 4.69) is 0 Å². The first-order valence-electron chi connectivity index (χ1n) is 6.03. The molecule has 2 unspecified atom stereocenters. The molecular formula is C14H15ClO3. The number of benzene rings is 1. The normalized spacial score (nSPS) is 22.5. The van der Waals surface area contributed by atoms with Gasteiger partial charge in [0.2, 0.25) is 0 Å². The van der Waals surface area contributed by atoms with Gasteiger partial charge in [0, 0.05) is 11.4 Å². The van der Waals surface area contributed by atoms with Crippen molar-refractivity contribution in [1.29, 1.82) is 0 Å². The summed E-state index contributed by atoms with van der Waals surface area (Å²) in [5.41, 5.74) is 1.71. The molecule has 3 nitrogen and oxygen atoms in total. The zero-order chi connectivity index (χ0) is 13.3. The molecule has 0 radical (unpaired) electrons. The fraction of sp³-hybridized carbons (Fsp3) is 0.429. The predicted octanol–water partition coefficient (Wildman–Crippen LogP) is 3.06. The molecule has 0 aliphatic heterocycles. The lowest BCUT2D eigenvalue weighted by Crippen LogP contribution is -2.30. The van der Waals surface area contributed by atoms with E-state index in [0.29, 0.717) is 17.0 Å². The molecule has 4 heteroatoms. The van der Waals surface area contributed by atoms with Gasteiger partial charge >= 0.3 is 5.97 Å². The van der Waals surface area contributed by atoms with E-state index >= 15 is 0 Å². The van der Waals surface area contributed by atoms with Crippen molar-refractivity contribution in [1.82, 2.24) is 0 Å². The Morgan fingerprint density at radius 1 is 1.44 bits per heavy atom. The van der Waals surface area contributed by atoms with E-state index in [1.54, 1.807) is 19.1 Å². The Labute approximate surface area is 111 Å². The lowest BCUT2D eigenvalue weighted by Gasteiger charge is -2.27. The highest BCUT2D eigenvalue weighted by Crippen LogP contribution is 2.38. The molecule has 1 aliphatic rings. The Kier molecular flexibility index (Phi) is 3.71. The summed E-state index contributed by atoms with van der Waals surface area (Å²) >= 11 is 5.96. The Balaban J connectivity index is 2.48. The number of ether oxygens (including phenoxy) is 1. The van der Waals surface area contributed by atoms with Crippen molar-refractivity contribution in [2.45, 2.75) is 32.1 Å². The van der Waals surface area contributed by atoms with Gasteiger partial charge in [-0.15, -0.1) is 0 Å². The number of rotatable bonds is 2. The molecule has 1 aliphatic carbocycles. The first kappa shape index (κ1) is 13.1. The number of carbonyl (C=O) groups is 2. The fourth-order valence-corrected chi connectivity index (χ4v) is 2.61. The molecule has 0 bridgehead atoms. The molecule has 18 heavy (non-hydrogen) atoms. The summed E-state index contributed by atoms with van der Waals surface area (Å²) in [5, 5.41) is 0.532. The van der Waals surface area contributed by atoms with Gasteiger partial charge in [-0.25, -0.2) is 0 Å². The minimum absolute atomic E-state index is 0.0873. The van der Waals surface area contributed by atoms with E-state index in [9.17, 15) is 9.59 Å². The van der Waals surface area contributed by atoms with Crippen LogP contribution in [0.4, 0.5) is 0 Å². The van der Waals surface area contributed by atoms with Crippen LogP contribution in [0.25, 0.3) is 0 Å². The Hall–Kier alpha value is -1.35. The summed E-state index contributed by atoms with van der Waals surface area (Å²) in [6.45, 7) is 3.98. The van der Waals surface area contributed by atoms with Gasteiger partial charge in [0.15, 0.2) is 5.78 Å². The summed E-state index contributed by atoms with van der Waals surface area (Å²) in [6, 6.07) is 5.38. The van der Waals surface area contributed by atoms with Gasteiger partial charge in [0.05, 0.1) is 6.61 Å². The van der Waals surface area contributed by atoms with Crippen LogP contribution in [0.1, 0.15) is 43.2 Å². The molecule has 2 rings (SSSR count). The minimum atomic E-state index is -0.810. The summed E-state index contributed by atoms with van der Waals surface area (Å²) in [6.07, 6.45) is 0.373. The number of hydrogen-bond acceptors (Lipinski definition) is 3. The molecule has 0 aromatic heterocycles. The van der Waals surface area contributed by atoms with Crippen molar-refractivity contribution >= 4 is 23.4 Å². The quantitative estimate of drug-likeness (QED) is 0.610. The second kappa shape index (κ2) is 5.11. The second-order valence-corrected chi connectivity index (χ2v) is 4.97. The predicted molar refractivity (Wildman–Crippen MR) is 68.9 cm³/mol. The average Bonchev–Trinajstić information content (AvgIpc) is 2.28. The standard InChI is InChI=1S/C14H15ClO3/c1-3-18-14(17)13-11-7-9(15)4-5-10(11)8(2)6-12(13)16/h4-5,7-8,13H,3,6H2,1-2H3. The van der Waals surface area contributed by atoms with Crippen molar-refractivity contribution in [3.05, 3.63) is 34.3 Å². The third-order valence-corrected chi connectivity index (χ3v) is 3.48.